The summed E-state index contributed by atoms with van der Waals surface area (Å²) in [6.45, 7) is 3.58. The average Bonchev–Trinajstić information content (AvgIpc) is 3.27. The second-order valence-corrected chi connectivity index (χ2v) is 7.76. The summed E-state index contributed by atoms with van der Waals surface area (Å²) in [4.78, 5) is 37.3. The monoisotopic (exact) mass is 432 g/mol. The predicted molar refractivity (Wildman–Crippen MR) is 110 cm³/mol. The quantitative estimate of drug-likeness (QED) is 0.468. The third kappa shape index (κ3) is 4.35. The second-order valence-electron chi connectivity index (χ2n) is 6.64. The Balaban J connectivity index is 1.84. The maximum atomic E-state index is 12.4. The molecule has 30 heavy (non-hydrogen) atoms. The van der Waals surface area contributed by atoms with Crippen molar-refractivity contribution in [3.05, 3.63) is 51.1 Å². The molecule has 3 aromatic rings. The molecule has 3 heterocycles. The Morgan fingerprint density at radius 3 is 2.67 bits per heavy atom. The zero-order chi connectivity index (χ0) is 22.0. The fraction of sp³-hybridized carbons (Fsp3) is 0.263. The normalized spacial score (nSPS) is 11.8. The number of carboxylic acids is 1. The summed E-state index contributed by atoms with van der Waals surface area (Å²) in [5.41, 5.74) is 0.630. The number of pyridine rings is 1. The lowest BCUT2D eigenvalue weighted by molar-refractivity contribution is -0.137. The molecule has 4 N–H and O–H groups in total. The number of carbonyl (C=O) groups is 2. The van der Waals surface area contributed by atoms with Crippen molar-refractivity contribution in [1.29, 1.82) is 0 Å². The number of rotatable bonds is 6. The van der Waals surface area contributed by atoms with E-state index in [1.165, 1.54) is 35.2 Å². The van der Waals surface area contributed by atoms with Gasteiger partial charge in [-0.3, -0.25) is 9.59 Å². The van der Waals surface area contributed by atoms with Crippen LogP contribution in [0, 0.1) is 13.8 Å². The van der Waals surface area contributed by atoms with Crippen molar-refractivity contribution in [3.8, 4) is 16.2 Å². The number of carbonyl (C=O) groups excluding carboxylic acids is 1. The van der Waals surface area contributed by atoms with Gasteiger partial charge in [0.25, 0.3) is 5.56 Å². The Morgan fingerprint density at radius 1 is 1.30 bits per heavy atom. The number of aryl methyl sites for hydroxylation is 3. The number of urea groups is 1. The molecule has 0 aromatic carbocycles. The SMILES string of the molecule is Cc1noc(C)c1-c1ccc([C@H](CC(=O)O)NC(=O)Nc2c(O)ccn(C)c2=O)s1. The minimum atomic E-state index is -1.11. The Morgan fingerprint density at radius 2 is 2.03 bits per heavy atom. The van der Waals surface area contributed by atoms with Gasteiger partial charge in [-0.1, -0.05) is 5.16 Å². The highest BCUT2D eigenvalue weighted by atomic mass is 32.1. The topological polar surface area (TPSA) is 147 Å². The van der Waals surface area contributed by atoms with Crippen molar-refractivity contribution in [2.75, 3.05) is 5.32 Å². The number of hydrogen-bond acceptors (Lipinski definition) is 7. The van der Waals surface area contributed by atoms with Crippen molar-refractivity contribution < 1.29 is 24.3 Å². The fourth-order valence-corrected chi connectivity index (χ4v) is 4.16. The smallest absolute Gasteiger partial charge is 0.320 e. The predicted octanol–water partition coefficient (Wildman–Crippen LogP) is 2.76. The van der Waals surface area contributed by atoms with Crippen molar-refractivity contribution in [1.82, 2.24) is 15.0 Å². The molecule has 0 radical (unpaired) electrons. The van der Waals surface area contributed by atoms with E-state index >= 15 is 0 Å². The molecule has 1 atom stereocenters. The van der Waals surface area contributed by atoms with Crippen LogP contribution in [-0.4, -0.2) is 31.9 Å². The van der Waals surface area contributed by atoms with Gasteiger partial charge < -0.3 is 29.9 Å². The van der Waals surface area contributed by atoms with Crippen LogP contribution in [0.2, 0.25) is 0 Å². The van der Waals surface area contributed by atoms with Crippen LogP contribution in [0.1, 0.15) is 28.8 Å². The fourth-order valence-electron chi connectivity index (χ4n) is 2.95. The first kappa shape index (κ1) is 21.1. The van der Waals surface area contributed by atoms with Gasteiger partial charge in [0.1, 0.15) is 11.5 Å². The third-order valence-corrected chi connectivity index (χ3v) is 5.64. The van der Waals surface area contributed by atoms with Crippen LogP contribution < -0.4 is 16.2 Å². The summed E-state index contributed by atoms with van der Waals surface area (Å²) in [6.07, 6.45) is 0.990. The van der Waals surface area contributed by atoms with Crippen LogP contribution in [0.5, 0.6) is 5.75 Å². The highest BCUT2D eigenvalue weighted by Gasteiger charge is 2.23. The molecule has 0 aliphatic heterocycles. The molecular formula is C19H20N4O6S. The standard InChI is InChI=1S/C19H20N4O6S/c1-9-16(10(2)29-22-9)14-5-4-13(30-14)11(8-15(25)26)20-19(28)21-17-12(24)6-7-23(3)18(17)27/h4-7,11,24H,8H2,1-3H3,(H,25,26)(H2,20,21,28)/t11-/m0/s1. The summed E-state index contributed by atoms with van der Waals surface area (Å²) in [5, 5.41) is 27.9. The van der Waals surface area contributed by atoms with Gasteiger partial charge in [0, 0.05) is 23.0 Å². The van der Waals surface area contributed by atoms with E-state index in [9.17, 15) is 24.6 Å². The molecule has 0 unspecified atom stereocenters. The Bertz CT molecular complexity index is 1140. The van der Waals surface area contributed by atoms with Gasteiger partial charge in [-0.15, -0.1) is 11.3 Å². The first-order valence-corrected chi connectivity index (χ1v) is 9.70. The number of hydrogen-bond donors (Lipinski definition) is 4. The molecule has 3 rings (SSSR count). The molecule has 2 amide bonds. The number of anilines is 1. The van der Waals surface area contributed by atoms with E-state index in [4.69, 9.17) is 4.52 Å². The lowest BCUT2D eigenvalue weighted by atomic mass is 10.1. The van der Waals surface area contributed by atoms with Crippen molar-refractivity contribution >= 4 is 29.0 Å². The lowest BCUT2D eigenvalue weighted by Crippen LogP contribution is -2.35. The van der Waals surface area contributed by atoms with Gasteiger partial charge >= 0.3 is 12.0 Å². The van der Waals surface area contributed by atoms with E-state index in [0.29, 0.717) is 16.3 Å². The van der Waals surface area contributed by atoms with Gasteiger partial charge in [0.2, 0.25) is 0 Å². The molecule has 0 bridgehead atoms. The van der Waals surface area contributed by atoms with Crippen LogP contribution in [0.3, 0.4) is 0 Å². The maximum Gasteiger partial charge on any atom is 0.320 e. The molecule has 158 valence electrons. The highest BCUT2D eigenvalue weighted by Crippen LogP contribution is 2.36. The second kappa shape index (κ2) is 8.41. The first-order chi connectivity index (χ1) is 14.2. The van der Waals surface area contributed by atoms with Gasteiger partial charge in [-0.05, 0) is 32.0 Å². The summed E-state index contributed by atoms with van der Waals surface area (Å²) in [7, 11) is 1.47. The van der Waals surface area contributed by atoms with Crippen LogP contribution in [0.15, 0.2) is 33.7 Å². The van der Waals surface area contributed by atoms with Crippen molar-refractivity contribution in [3.63, 3.8) is 0 Å². The van der Waals surface area contributed by atoms with Gasteiger partial charge in [-0.25, -0.2) is 4.79 Å². The number of thiophene rings is 1. The molecule has 3 aromatic heterocycles. The number of nitrogens with zero attached hydrogens (tertiary/aromatic N) is 2. The minimum Gasteiger partial charge on any atom is -0.505 e. The Hall–Kier alpha value is -3.60. The van der Waals surface area contributed by atoms with Gasteiger partial charge in [0.15, 0.2) is 5.69 Å². The van der Waals surface area contributed by atoms with Crippen LogP contribution in [0.25, 0.3) is 10.4 Å². The molecule has 10 nitrogen and oxygen atoms in total. The molecule has 0 aliphatic rings. The third-order valence-electron chi connectivity index (χ3n) is 4.42. The molecular weight excluding hydrogens is 412 g/mol. The Labute approximate surface area is 174 Å². The average molecular weight is 432 g/mol. The van der Waals surface area contributed by atoms with E-state index < -0.39 is 23.6 Å². The molecule has 0 aliphatic carbocycles. The number of aliphatic carboxylic acids is 1. The lowest BCUT2D eigenvalue weighted by Gasteiger charge is -2.16. The molecule has 0 saturated carbocycles. The summed E-state index contributed by atoms with van der Waals surface area (Å²) in [6, 6.07) is 3.13. The zero-order valence-corrected chi connectivity index (χ0v) is 17.2. The van der Waals surface area contributed by atoms with E-state index in [1.807, 2.05) is 0 Å². The number of nitrogens with one attached hydrogen (secondary N) is 2. The summed E-state index contributed by atoms with van der Waals surface area (Å²) < 4.78 is 6.37. The molecule has 11 heteroatoms. The van der Waals surface area contributed by atoms with Crippen LogP contribution >= 0.6 is 11.3 Å². The minimum absolute atomic E-state index is 0.297. The summed E-state index contributed by atoms with van der Waals surface area (Å²) in [5.74, 6) is -0.859. The van der Waals surface area contributed by atoms with Crippen molar-refractivity contribution in [2.45, 2.75) is 26.3 Å². The largest absolute Gasteiger partial charge is 0.505 e. The van der Waals surface area contributed by atoms with Crippen LogP contribution in [-0.2, 0) is 11.8 Å². The van der Waals surface area contributed by atoms with E-state index in [1.54, 1.807) is 26.0 Å². The Kier molecular flexibility index (Phi) is 5.92. The van der Waals surface area contributed by atoms with E-state index in [2.05, 4.69) is 15.8 Å². The molecule has 0 spiro atoms. The maximum absolute atomic E-state index is 12.4. The number of aromatic nitrogens is 2. The van der Waals surface area contributed by atoms with Crippen molar-refractivity contribution in [2.24, 2.45) is 7.05 Å². The van der Waals surface area contributed by atoms with Gasteiger partial charge in [-0.2, -0.15) is 0 Å². The van der Waals surface area contributed by atoms with E-state index in [0.717, 1.165) is 10.4 Å². The summed E-state index contributed by atoms with van der Waals surface area (Å²) >= 11 is 1.31. The number of aromatic hydroxyl groups is 1. The highest BCUT2D eigenvalue weighted by molar-refractivity contribution is 7.15. The molecule has 0 fully saturated rings. The first-order valence-electron chi connectivity index (χ1n) is 8.88. The zero-order valence-electron chi connectivity index (χ0n) is 16.4. The van der Waals surface area contributed by atoms with E-state index in [-0.39, 0.29) is 17.9 Å². The number of carboxylic acid groups (broad SMARTS) is 1. The van der Waals surface area contributed by atoms with Crippen LogP contribution in [0.4, 0.5) is 10.5 Å². The van der Waals surface area contributed by atoms with Gasteiger partial charge in [0.05, 0.1) is 23.7 Å². The molecule has 0 saturated heterocycles. The number of amides is 2.